The van der Waals surface area contributed by atoms with Gasteiger partial charge in [-0.15, -0.1) is 0 Å². The van der Waals surface area contributed by atoms with Crippen LogP contribution in [-0.4, -0.2) is 27.2 Å². The summed E-state index contributed by atoms with van der Waals surface area (Å²) >= 11 is 7.60. The van der Waals surface area contributed by atoms with Gasteiger partial charge >= 0.3 is 5.97 Å². The summed E-state index contributed by atoms with van der Waals surface area (Å²) in [4.78, 5) is 16.9. The first-order valence-electron chi connectivity index (χ1n) is 10.6. The number of halogens is 2. The van der Waals surface area contributed by atoms with Crippen molar-refractivity contribution in [2.75, 3.05) is 7.11 Å². The fraction of sp³-hybridized carbons (Fsp3) is 0.280. The van der Waals surface area contributed by atoms with E-state index in [4.69, 9.17) is 4.74 Å². The molecule has 0 aliphatic carbocycles. The zero-order valence-electron chi connectivity index (χ0n) is 18.4. The lowest BCUT2D eigenvalue weighted by molar-refractivity contribution is 0.0601. The molecule has 2 heterocycles. The lowest BCUT2D eigenvalue weighted by Gasteiger charge is -2.11. The molecule has 0 saturated carbocycles. The largest absolute Gasteiger partial charge is 0.465 e. The Labute approximate surface area is 204 Å². The van der Waals surface area contributed by atoms with Crippen LogP contribution < -0.4 is 0 Å². The molecule has 0 unspecified atom stereocenters. The molecule has 0 radical (unpaired) electrons. The number of aromatic nitrogens is 3. The van der Waals surface area contributed by atoms with Crippen LogP contribution in [0, 0.1) is 0 Å². The highest BCUT2D eigenvalue weighted by atomic mass is 79.9. The van der Waals surface area contributed by atoms with Crippen molar-refractivity contribution in [1.82, 2.24) is 14.1 Å². The number of fused-ring (bicyclic) bond motifs is 1. The number of hydrogen-bond donors (Lipinski definition) is 0. The van der Waals surface area contributed by atoms with E-state index in [0.29, 0.717) is 5.56 Å². The number of nitrogens with zero attached hydrogens (tertiary/aromatic N) is 3. The number of hydrogen-bond acceptors (Lipinski definition) is 3. The van der Waals surface area contributed by atoms with Crippen molar-refractivity contribution in [2.24, 2.45) is 7.05 Å². The van der Waals surface area contributed by atoms with Gasteiger partial charge in [0.1, 0.15) is 5.82 Å². The average molecular weight is 559 g/mol. The predicted molar refractivity (Wildman–Crippen MR) is 135 cm³/mol. The number of methoxy groups -OCH3 is 1. The SMILES string of the molecule is CCCCc1nccn1Cc1cc2c(Br)c(-c3ccccc3C(=O)OC)n(C)c2cc1Br. The molecule has 0 spiro atoms. The van der Waals surface area contributed by atoms with Gasteiger partial charge in [0.2, 0.25) is 0 Å². The molecular formula is C25H25Br2N3O2. The third-order valence-corrected chi connectivity index (χ3v) is 7.33. The lowest BCUT2D eigenvalue weighted by Crippen LogP contribution is -2.05. The maximum atomic E-state index is 12.4. The van der Waals surface area contributed by atoms with Crippen LogP contribution in [0.25, 0.3) is 22.2 Å². The van der Waals surface area contributed by atoms with Gasteiger partial charge in [-0.05, 0) is 46.1 Å². The van der Waals surface area contributed by atoms with E-state index in [1.807, 2.05) is 37.6 Å². The maximum Gasteiger partial charge on any atom is 0.338 e. The van der Waals surface area contributed by atoms with E-state index in [-0.39, 0.29) is 5.97 Å². The van der Waals surface area contributed by atoms with Crippen LogP contribution in [0.4, 0.5) is 0 Å². The lowest BCUT2D eigenvalue weighted by atomic mass is 10.0. The van der Waals surface area contributed by atoms with Crippen LogP contribution in [0.5, 0.6) is 0 Å². The molecule has 0 N–H and O–H groups in total. The number of aryl methyl sites for hydroxylation is 2. The standard InChI is InChI=1S/C25H25Br2N3O2/c1-4-5-10-22-28-11-12-30(22)15-16-13-19-21(14-20(16)26)29(2)24(23(19)27)17-8-6-7-9-18(17)25(31)32-3/h6-9,11-14H,4-5,10,15H2,1-3H3. The minimum atomic E-state index is -0.348. The maximum absolute atomic E-state index is 12.4. The van der Waals surface area contributed by atoms with E-state index >= 15 is 0 Å². The second-order valence-corrected chi connectivity index (χ2v) is 9.44. The van der Waals surface area contributed by atoms with Gasteiger partial charge < -0.3 is 13.9 Å². The summed E-state index contributed by atoms with van der Waals surface area (Å²) in [6, 6.07) is 11.9. The Morgan fingerprint density at radius 1 is 1.19 bits per heavy atom. The average Bonchev–Trinajstić information content (AvgIpc) is 3.34. The third-order valence-electron chi connectivity index (χ3n) is 5.79. The number of carbonyl (C=O) groups is 1. The van der Waals surface area contributed by atoms with E-state index in [0.717, 1.165) is 62.7 Å². The normalized spacial score (nSPS) is 11.3. The number of imidazole rings is 1. The van der Waals surface area contributed by atoms with Gasteiger partial charge in [0, 0.05) is 47.8 Å². The molecule has 5 nitrogen and oxygen atoms in total. The van der Waals surface area contributed by atoms with Gasteiger partial charge in [0.15, 0.2) is 0 Å². The molecule has 32 heavy (non-hydrogen) atoms. The van der Waals surface area contributed by atoms with E-state index in [2.05, 4.69) is 65.0 Å². The minimum Gasteiger partial charge on any atom is -0.465 e. The zero-order chi connectivity index (χ0) is 22.8. The number of ether oxygens (including phenoxy) is 1. The summed E-state index contributed by atoms with van der Waals surface area (Å²) in [5.74, 6) is 0.762. The van der Waals surface area contributed by atoms with E-state index < -0.39 is 0 Å². The van der Waals surface area contributed by atoms with E-state index in [9.17, 15) is 4.79 Å². The highest BCUT2D eigenvalue weighted by Gasteiger charge is 2.21. The van der Waals surface area contributed by atoms with Crippen molar-refractivity contribution in [1.29, 1.82) is 0 Å². The Bertz CT molecular complexity index is 1290. The number of unbranched alkanes of at least 4 members (excludes halogenated alkanes) is 1. The van der Waals surface area contributed by atoms with Gasteiger partial charge in [-0.25, -0.2) is 9.78 Å². The Kier molecular flexibility index (Phi) is 6.86. The Hall–Kier alpha value is -2.38. The number of rotatable bonds is 7. The smallest absolute Gasteiger partial charge is 0.338 e. The number of esters is 1. The first-order chi connectivity index (χ1) is 15.5. The molecule has 166 valence electrons. The van der Waals surface area contributed by atoms with Crippen molar-refractivity contribution in [2.45, 2.75) is 32.7 Å². The summed E-state index contributed by atoms with van der Waals surface area (Å²) in [6.45, 7) is 2.94. The quantitative estimate of drug-likeness (QED) is 0.236. The van der Waals surface area contributed by atoms with Crippen molar-refractivity contribution >= 4 is 48.7 Å². The minimum absolute atomic E-state index is 0.348. The fourth-order valence-corrected chi connectivity index (χ4v) is 5.34. The Morgan fingerprint density at radius 3 is 2.72 bits per heavy atom. The molecule has 4 aromatic rings. The molecule has 7 heteroatoms. The van der Waals surface area contributed by atoms with Gasteiger partial charge in [-0.2, -0.15) is 0 Å². The first-order valence-corrected chi connectivity index (χ1v) is 12.2. The van der Waals surface area contributed by atoms with Crippen LogP contribution >= 0.6 is 31.9 Å². The van der Waals surface area contributed by atoms with Crippen LogP contribution in [-0.2, 0) is 24.8 Å². The molecule has 4 rings (SSSR count). The zero-order valence-corrected chi connectivity index (χ0v) is 21.5. The molecule has 0 saturated heterocycles. The van der Waals surface area contributed by atoms with Crippen LogP contribution in [0.2, 0.25) is 0 Å². The van der Waals surface area contributed by atoms with E-state index in [1.54, 1.807) is 6.07 Å². The predicted octanol–water partition coefficient (Wildman–Crippen LogP) is 6.74. The molecule has 0 amide bonds. The molecule has 0 aliphatic heterocycles. The van der Waals surface area contributed by atoms with Gasteiger partial charge in [0.05, 0.1) is 28.4 Å². The topological polar surface area (TPSA) is 49.1 Å². The van der Waals surface area contributed by atoms with Crippen LogP contribution in [0.3, 0.4) is 0 Å². The van der Waals surface area contributed by atoms with Crippen LogP contribution in [0.1, 0.15) is 41.5 Å². The highest BCUT2D eigenvalue weighted by Crippen LogP contribution is 2.40. The monoisotopic (exact) mass is 557 g/mol. The van der Waals surface area contributed by atoms with Crippen molar-refractivity contribution in [3.8, 4) is 11.3 Å². The summed E-state index contributed by atoms with van der Waals surface area (Å²) in [7, 11) is 3.42. The second-order valence-electron chi connectivity index (χ2n) is 7.79. The molecule has 2 aromatic heterocycles. The summed E-state index contributed by atoms with van der Waals surface area (Å²) in [5, 5.41) is 1.09. The van der Waals surface area contributed by atoms with Crippen molar-refractivity contribution in [3.05, 3.63) is 74.7 Å². The van der Waals surface area contributed by atoms with E-state index in [1.165, 1.54) is 12.7 Å². The molecule has 0 aliphatic rings. The fourth-order valence-electron chi connectivity index (χ4n) is 4.08. The molecule has 0 bridgehead atoms. The van der Waals surface area contributed by atoms with Crippen molar-refractivity contribution < 1.29 is 9.53 Å². The summed E-state index contributed by atoms with van der Waals surface area (Å²) < 4.78 is 11.3. The number of benzene rings is 2. The molecular weight excluding hydrogens is 534 g/mol. The molecule has 2 aromatic carbocycles. The van der Waals surface area contributed by atoms with Gasteiger partial charge in [-0.1, -0.05) is 47.5 Å². The molecule has 0 atom stereocenters. The summed E-state index contributed by atoms with van der Waals surface area (Å²) in [6.07, 6.45) is 7.17. The Morgan fingerprint density at radius 2 is 1.97 bits per heavy atom. The molecule has 0 fully saturated rings. The first kappa shape index (κ1) is 22.8. The highest BCUT2D eigenvalue weighted by molar-refractivity contribution is 9.11. The van der Waals surface area contributed by atoms with Crippen LogP contribution in [0.15, 0.2) is 57.7 Å². The third kappa shape index (κ3) is 4.16. The van der Waals surface area contributed by atoms with Gasteiger partial charge in [-0.3, -0.25) is 0 Å². The van der Waals surface area contributed by atoms with Gasteiger partial charge in [0.25, 0.3) is 0 Å². The Balaban J connectivity index is 1.81. The summed E-state index contributed by atoms with van der Waals surface area (Å²) in [5.41, 5.74) is 4.56. The second kappa shape index (κ2) is 9.63. The van der Waals surface area contributed by atoms with Crippen molar-refractivity contribution in [3.63, 3.8) is 0 Å². The number of carbonyl (C=O) groups excluding carboxylic acids is 1.